The fourth-order valence-electron chi connectivity index (χ4n) is 4.59. The Balaban J connectivity index is 2.04. The van der Waals surface area contributed by atoms with E-state index in [9.17, 15) is 0 Å². The van der Waals surface area contributed by atoms with Crippen LogP contribution in [-0.2, 0) is 19.4 Å². The summed E-state index contributed by atoms with van der Waals surface area (Å²) in [4.78, 5) is 0. The van der Waals surface area contributed by atoms with Gasteiger partial charge >= 0.3 is 197 Å². The summed E-state index contributed by atoms with van der Waals surface area (Å²) in [5.41, 5.74) is 10.6. The van der Waals surface area contributed by atoms with E-state index in [2.05, 4.69) is 101 Å². The third-order valence-corrected chi connectivity index (χ3v) is 11.2. The predicted octanol–water partition coefficient (Wildman–Crippen LogP) is 9.12. The van der Waals surface area contributed by atoms with Crippen LogP contribution in [0.25, 0.3) is 22.8 Å². The van der Waals surface area contributed by atoms with Crippen LogP contribution >= 0.6 is 17.0 Å². The first-order chi connectivity index (χ1) is 14.4. The minimum atomic E-state index is -2.62. The Kier molecular flexibility index (Phi) is 6.74. The minimum absolute atomic E-state index is 0.166. The van der Waals surface area contributed by atoms with E-state index < -0.39 is 19.4 Å². The van der Waals surface area contributed by atoms with Gasteiger partial charge in [0.25, 0.3) is 0 Å². The summed E-state index contributed by atoms with van der Waals surface area (Å²) in [6.45, 7) is 9.10. The van der Waals surface area contributed by atoms with Crippen molar-refractivity contribution in [2.24, 2.45) is 0 Å². The third kappa shape index (κ3) is 4.02. The predicted molar refractivity (Wildman–Crippen MR) is 129 cm³/mol. The van der Waals surface area contributed by atoms with E-state index in [1.807, 2.05) is 0 Å². The number of benzene rings is 3. The van der Waals surface area contributed by atoms with Crippen molar-refractivity contribution < 1.29 is 19.4 Å². The van der Waals surface area contributed by atoms with Gasteiger partial charge in [0.2, 0.25) is 0 Å². The van der Waals surface area contributed by atoms with Gasteiger partial charge in [-0.15, -0.1) is 0 Å². The summed E-state index contributed by atoms with van der Waals surface area (Å²) in [5.74, 6) is 0.891. The average molecular weight is 514 g/mol. The van der Waals surface area contributed by atoms with Crippen LogP contribution < -0.4 is 0 Å². The Labute approximate surface area is 195 Å². The normalized spacial score (nSPS) is 15.5. The topological polar surface area (TPSA) is 0 Å². The molecule has 0 fully saturated rings. The molecule has 1 aliphatic rings. The van der Waals surface area contributed by atoms with Crippen LogP contribution in [0.4, 0.5) is 0 Å². The molecule has 0 bridgehead atoms. The molecule has 30 heavy (non-hydrogen) atoms. The maximum atomic E-state index is 6.76. The zero-order valence-electron chi connectivity index (χ0n) is 17.9. The van der Waals surface area contributed by atoms with Gasteiger partial charge in [-0.25, -0.2) is 0 Å². The molecule has 3 heteroatoms. The van der Waals surface area contributed by atoms with Crippen molar-refractivity contribution in [2.75, 3.05) is 0 Å². The first-order valence-corrected chi connectivity index (χ1v) is 18.4. The number of rotatable bonds is 5. The zero-order chi connectivity index (χ0) is 21.4. The monoisotopic (exact) mass is 511 g/mol. The van der Waals surface area contributed by atoms with Crippen LogP contribution in [0, 0.1) is 0 Å². The molecule has 3 aromatic carbocycles. The molecule has 153 valence electrons. The summed E-state index contributed by atoms with van der Waals surface area (Å²) >= 11 is -2.62. The summed E-state index contributed by atoms with van der Waals surface area (Å²) in [5, 5.41) is 0. The van der Waals surface area contributed by atoms with E-state index >= 15 is 0 Å². The Morgan fingerprint density at radius 2 is 1.37 bits per heavy atom. The van der Waals surface area contributed by atoms with Crippen LogP contribution in [0.3, 0.4) is 0 Å². The van der Waals surface area contributed by atoms with Crippen molar-refractivity contribution in [3.8, 4) is 11.1 Å². The second-order valence-electron chi connectivity index (χ2n) is 8.62. The second kappa shape index (κ2) is 9.16. The summed E-state index contributed by atoms with van der Waals surface area (Å²) in [6, 6.07) is 24.0. The van der Waals surface area contributed by atoms with E-state index in [-0.39, 0.29) is 3.63 Å². The Morgan fingerprint density at radius 1 is 0.733 bits per heavy atom. The van der Waals surface area contributed by atoms with Gasteiger partial charge < -0.3 is 0 Å². The van der Waals surface area contributed by atoms with Crippen molar-refractivity contribution in [3.63, 3.8) is 0 Å². The number of allylic oxidation sites excluding steroid dienone is 1. The fourth-order valence-corrected chi connectivity index (χ4v) is 9.76. The molecule has 1 unspecified atom stereocenters. The number of hydrogen-bond acceptors (Lipinski definition) is 0. The molecule has 0 saturated heterocycles. The van der Waals surface area contributed by atoms with Crippen LogP contribution in [0.15, 0.2) is 66.7 Å². The SMILES string of the molecule is CC(C)c1ccccc1-c1c(C(C)C)ccc2c1C=C(c1ccccc1)[CH]2[Zr]([Cl])[Cl]. The molecule has 0 N–H and O–H groups in total. The summed E-state index contributed by atoms with van der Waals surface area (Å²) in [7, 11) is 13.5. The molecule has 4 rings (SSSR count). The standard InChI is InChI=1S/C27H27.2ClH.Zr/c1-18(2)23-12-8-9-13-25(23)27-24(19(3)4)15-14-21-16-22(17-26(21)27)20-10-6-5-7-11-20;;;/h5-19H,1-4H3;2*1H;/q;;;+2/p-2. The van der Waals surface area contributed by atoms with Crippen molar-refractivity contribution in [2.45, 2.75) is 43.2 Å². The molecule has 0 aromatic heterocycles. The number of hydrogen-bond donors (Lipinski definition) is 0. The first-order valence-electron chi connectivity index (χ1n) is 10.6. The molecule has 1 atom stereocenters. The molecule has 0 radical (unpaired) electrons. The molecule has 0 spiro atoms. The van der Waals surface area contributed by atoms with Crippen LogP contribution in [0.1, 0.15) is 71.0 Å². The van der Waals surface area contributed by atoms with Gasteiger partial charge in [0.1, 0.15) is 0 Å². The molecule has 0 aliphatic heterocycles. The molecule has 3 aromatic rings. The summed E-state index contributed by atoms with van der Waals surface area (Å²) in [6.07, 6.45) is 2.37. The van der Waals surface area contributed by atoms with Gasteiger partial charge in [-0.1, -0.05) is 0 Å². The van der Waals surface area contributed by atoms with E-state index in [1.54, 1.807) is 0 Å². The van der Waals surface area contributed by atoms with E-state index in [4.69, 9.17) is 17.0 Å². The Morgan fingerprint density at radius 3 is 2.00 bits per heavy atom. The van der Waals surface area contributed by atoms with Gasteiger partial charge in [0.15, 0.2) is 0 Å². The Hall–Kier alpha value is -1.14. The van der Waals surface area contributed by atoms with E-state index in [0.717, 1.165) is 0 Å². The van der Waals surface area contributed by atoms with Crippen molar-refractivity contribution in [3.05, 3.63) is 94.5 Å². The van der Waals surface area contributed by atoms with Gasteiger partial charge in [-0.2, -0.15) is 0 Å². The molecular formula is C27H27Cl2Zr. The van der Waals surface area contributed by atoms with Crippen molar-refractivity contribution >= 4 is 28.7 Å². The number of halogens is 2. The molecule has 0 nitrogen and oxygen atoms in total. The van der Waals surface area contributed by atoms with Crippen molar-refractivity contribution in [1.82, 2.24) is 0 Å². The quantitative estimate of drug-likeness (QED) is 0.319. The third-order valence-electron chi connectivity index (χ3n) is 6.03. The van der Waals surface area contributed by atoms with Gasteiger partial charge in [0.05, 0.1) is 0 Å². The Bertz CT molecular complexity index is 1080. The molecule has 0 saturated carbocycles. The molecule has 1 aliphatic carbocycles. The van der Waals surface area contributed by atoms with E-state index in [0.29, 0.717) is 11.8 Å². The first kappa shape index (κ1) is 22.1. The number of fused-ring (bicyclic) bond motifs is 1. The van der Waals surface area contributed by atoms with Crippen LogP contribution in [0.5, 0.6) is 0 Å². The average Bonchev–Trinajstić information content (AvgIpc) is 3.13. The maximum absolute atomic E-state index is 6.76. The van der Waals surface area contributed by atoms with E-state index in [1.165, 1.54) is 44.5 Å². The molecular weight excluding hydrogens is 486 g/mol. The molecule has 0 heterocycles. The fraction of sp³-hybridized carbons (Fsp3) is 0.259. The van der Waals surface area contributed by atoms with Crippen LogP contribution in [-0.4, -0.2) is 0 Å². The van der Waals surface area contributed by atoms with Gasteiger partial charge in [0, 0.05) is 0 Å². The van der Waals surface area contributed by atoms with Gasteiger partial charge in [-0.05, 0) is 0 Å². The second-order valence-corrected chi connectivity index (χ2v) is 17.4. The van der Waals surface area contributed by atoms with Crippen molar-refractivity contribution in [1.29, 1.82) is 0 Å². The summed E-state index contributed by atoms with van der Waals surface area (Å²) < 4.78 is 0.166. The molecule has 0 amide bonds. The van der Waals surface area contributed by atoms with Crippen LogP contribution in [0.2, 0.25) is 0 Å². The zero-order valence-corrected chi connectivity index (χ0v) is 21.9. The van der Waals surface area contributed by atoms with Gasteiger partial charge in [-0.3, -0.25) is 0 Å².